The van der Waals surface area contributed by atoms with Gasteiger partial charge < -0.3 is 14.2 Å². The minimum Gasteiger partial charge on any atom is -0.472 e. The standard InChI is InChI=1S/C14H14BrN3O3/c1-9-12(7-17-21-9)14(19)18-5-4-11(8-18)20-13-3-2-10(15)6-16-13/h2-3,6-7,11H,4-5,8H2,1H3. The number of pyridine rings is 1. The first-order valence-corrected chi connectivity index (χ1v) is 7.41. The monoisotopic (exact) mass is 351 g/mol. The smallest absolute Gasteiger partial charge is 0.259 e. The molecule has 0 radical (unpaired) electrons. The van der Waals surface area contributed by atoms with Gasteiger partial charge in [-0.05, 0) is 28.9 Å². The summed E-state index contributed by atoms with van der Waals surface area (Å²) in [7, 11) is 0. The highest BCUT2D eigenvalue weighted by atomic mass is 79.9. The van der Waals surface area contributed by atoms with Crippen LogP contribution in [0.15, 0.2) is 33.5 Å². The molecular formula is C14H14BrN3O3. The molecule has 1 saturated heterocycles. The van der Waals surface area contributed by atoms with Gasteiger partial charge in [0.1, 0.15) is 17.4 Å². The number of likely N-dealkylation sites (tertiary alicyclic amines) is 1. The molecule has 6 nitrogen and oxygen atoms in total. The lowest BCUT2D eigenvalue weighted by molar-refractivity contribution is 0.0769. The number of halogens is 1. The molecule has 21 heavy (non-hydrogen) atoms. The SMILES string of the molecule is Cc1oncc1C(=O)N1CCC(Oc2ccc(Br)cn2)C1. The van der Waals surface area contributed by atoms with Crippen LogP contribution in [0.3, 0.4) is 0 Å². The van der Waals surface area contributed by atoms with Crippen LogP contribution < -0.4 is 4.74 Å². The van der Waals surface area contributed by atoms with Crippen LogP contribution in [0.4, 0.5) is 0 Å². The first-order valence-electron chi connectivity index (χ1n) is 6.62. The Labute approximate surface area is 130 Å². The molecule has 0 saturated carbocycles. The Morgan fingerprint density at radius 2 is 2.33 bits per heavy atom. The summed E-state index contributed by atoms with van der Waals surface area (Å²) >= 11 is 3.33. The minimum atomic E-state index is -0.0661. The highest BCUT2D eigenvalue weighted by Gasteiger charge is 2.30. The molecule has 7 heteroatoms. The van der Waals surface area contributed by atoms with Gasteiger partial charge in [0.15, 0.2) is 0 Å². The Morgan fingerprint density at radius 1 is 1.48 bits per heavy atom. The van der Waals surface area contributed by atoms with Crippen LogP contribution in [0.2, 0.25) is 0 Å². The summed E-state index contributed by atoms with van der Waals surface area (Å²) in [5, 5.41) is 3.64. The van der Waals surface area contributed by atoms with Crippen LogP contribution in [0.5, 0.6) is 5.88 Å². The van der Waals surface area contributed by atoms with E-state index < -0.39 is 0 Å². The molecule has 1 unspecified atom stereocenters. The molecule has 1 aliphatic rings. The van der Waals surface area contributed by atoms with E-state index >= 15 is 0 Å². The Hall–Kier alpha value is -1.89. The number of nitrogens with zero attached hydrogens (tertiary/aromatic N) is 3. The highest BCUT2D eigenvalue weighted by molar-refractivity contribution is 9.10. The second-order valence-corrected chi connectivity index (χ2v) is 5.81. The van der Waals surface area contributed by atoms with Crippen molar-refractivity contribution in [1.29, 1.82) is 0 Å². The van der Waals surface area contributed by atoms with Crippen molar-refractivity contribution in [3.63, 3.8) is 0 Å². The number of hydrogen-bond acceptors (Lipinski definition) is 5. The van der Waals surface area contributed by atoms with E-state index in [1.807, 2.05) is 6.07 Å². The predicted octanol–water partition coefficient (Wildman–Crippen LogP) is 2.43. The van der Waals surface area contributed by atoms with Crippen LogP contribution in [-0.2, 0) is 0 Å². The molecule has 1 aliphatic heterocycles. The quantitative estimate of drug-likeness (QED) is 0.849. The summed E-state index contributed by atoms with van der Waals surface area (Å²) in [5.41, 5.74) is 0.511. The highest BCUT2D eigenvalue weighted by Crippen LogP contribution is 2.20. The molecule has 3 heterocycles. The zero-order valence-electron chi connectivity index (χ0n) is 11.5. The van der Waals surface area contributed by atoms with Crippen molar-refractivity contribution in [2.45, 2.75) is 19.4 Å². The molecule has 2 aromatic heterocycles. The summed E-state index contributed by atoms with van der Waals surface area (Å²) in [6.07, 6.45) is 3.90. The molecular weight excluding hydrogens is 338 g/mol. The fourth-order valence-corrected chi connectivity index (χ4v) is 2.52. The number of rotatable bonds is 3. The molecule has 1 amide bonds. The summed E-state index contributed by atoms with van der Waals surface area (Å²) in [6.45, 7) is 2.93. The van der Waals surface area contributed by atoms with Gasteiger partial charge in [-0.15, -0.1) is 0 Å². The Morgan fingerprint density at radius 3 is 3.00 bits per heavy atom. The summed E-state index contributed by atoms with van der Waals surface area (Å²) in [6, 6.07) is 3.68. The molecule has 0 bridgehead atoms. The third-order valence-corrected chi connectivity index (χ3v) is 3.87. The van der Waals surface area contributed by atoms with E-state index in [0.29, 0.717) is 30.3 Å². The van der Waals surface area contributed by atoms with Gasteiger partial charge in [-0.3, -0.25) is 4.79 Å². The number of carbonyl (C=O) groups is 1. The molecule has 2 aromatic rings. The van der Waals surface area contributed by atoms with E-state index in [-0.39, 0.29) is 12.0 Å². The summed E-state index contributed by atoms with van der Waals surface area (Å²) in [5.74, 6) is 1.04. The average Bonchev–Trinajstić information content (AvgIpc) is 3.10. The lowest BCUT2D eigenvalue weighted by Crippen LogP contribution is -2.31. The fraction of sp³-hybridized carbons (Fsp3) is 0.357. The lowest BCUT2D eigenvalue weighted by atomic mass is 10.2. The van der Waals surface area contributed by atoms with Gasteiger partial charge >= 0.3 is 0 Å². The Balaban J connectivity index is 1.62. The molecule has 3 rings (SSSR count). The van der Waals surface area contributed by atoms with Crippen LogP contribution in [-0.4, -0.2) is 40.1 Å². The van der Waals surface area contributed by atoms with Gasteiger partial charge in [0, 0.05) is 29.7 Å². The van der Waals surface area contributed by atoms with Crippen molar-refractivity contribution < 1.29 is 14.1 Å². The van der Waals surface area contributed by atoms with Crippen LogP contribution in [0, 0.1) is 6.92 Å². The van der Waals surface area contributed by atoms with Crippen molar-refractivity contribution in [2.75, 3.05) is 13.1 Å². The minimum absolute atomic E-state index is 0.0391. The maximum atomic E-state index is 12.3. The number of aryl methyl sites for hydroxylation is 1. The van der Waals surface area contributed by atoms with Gasteiger partial charge in [0.2, 0.25) is 5.88 Å². The summed E-state index contributed by atoms with van der Waals surface area (Å²) < 4.78 is 11.6. The van der Waals surface area contributed by atoms with Crippen LogP contribution in [0.25, 0.3) is 0 Å². The van der Waals surface area contributed by atoms with Crippen molar-refractivity contribution >= 4 is 21.8 Å². The van der Waals surface area contributed by atoms with E-state index in [2.05, 4.69) is 26.1 Å². The number of ether oxygens (including phenoxy) is 1. The molecule has 0 aliphatic carbocycles. The normalized spacial score (nSPS) is 18.0. The van der Waals surface area contributed by atoms with Crippen LogP contribution in [0.1, 0.15) is 22.5 Å². The number of aromatic nitrogens is 2. The van der Waals surface area contributed by atoms with E-state index in [9.17, 15) is 4.79 Å². The first kappa shape index (κ1) is 14.1. The summed E-state index contributed by atoms with van der Waals surface area (Å²) in [4.78, 5) is 18.3. The van der Waals surface area contributed by atoms with Gasteiger partial charge in [0.25, 0.3) is 5.91 Å². The fourth-order valence-electron chi connectivity index (χ4n) is 2.29. The predicted molar refractivity (Wildman–Crippen MR) is 78.1 cm³/mol. The van der Waals surface area contributed by atoms with E-state index in [1.54, 1.807) is 24.1 Å². The Kier molecular flexibility index (Phi) is 3.92. The number of carbonyl (C=O) groups excluding carboxylic acids is 1. The molecule has 110 valence electrons. The third-order valence-electron chi connectivity index (χ3n) is 3.40. The largest absolute Gasteiger partial charge is 0.472 e. The first-order chi connectivity index (χ1) is 10.1. The second-order valence-electron chi connectivity index (χ2n) is 4.89. The third kappa shape index (κ3) is 3.07. The molecule has 1 fully saturated rings. The van der Waals surface area contributed by atoms with E-state index in [4.69, 9.17) is 9.26 Å². The van der Waals surface area contributed by atoms with Gasteiger partial charge in [-0.1, -0.05) is 5.16 Å². The van der Waals surface area contributed by atoms with Gasteiger partial charge in [-0.25, -0.2) is 4.98 Å². The second kappa shape index (κ2) is 5.85. The zero-order chi connectivity index (χ0) is 14.8. The van der Waals surface area contributed by atoms with Crippen molar-refractivity contribution in [2.24, 2.45) is 0 Å². The van der Waals surface area contributed by atoms with Gasteiger partial charge in [0.05, 0.1) is 12.7 Å². The van der Waals surface area contributed by atoms with Crippen molar-refractivity contribution in [1.82, 2.24) is 15.0 Å². The van der Waals surface area contributed by atoms with Crippen LogP contribution >= 0.6 is 15.9 Å². The molecule has 0 aromatic carbocycles. The van der Waals surface area contributed by atoms with E-state index in [0.717, 1.165) is 10.9 Å². The number of hydrogen-bond donors (Lipinski definition) is 0. The zero-order valence-corrected chi connectivity index (χ0v) is 13.0. The maximum absolute atomic E-state index is 12.3. The maximum Gasteiger partial charge on any atom is 0.259 e. The molecule has 1 atom stereocenters. The Bertz CT molecular complexity index is 641. The lowest BCUT2D eigenvalue weighted by Gasteiger charge is -2.16. The van der Waals surface area contributed by atoms with Gasteiger partial charge in [-0.2, -0.15) is 0 Å². The number of amides is 1. The van der Waals surface area contributed by atoms with Crippen molar-refractivity contribution in [3.8, 4) is 5.88 Å². The molecule has 0 N–H and O–H groups in total. The van der Waals surface area contributed by atoms with Crippen molar-refractivity contribution in [3.05, 3.63) is 40.3 Å². The average molecular weight is 352 g/mol. The molecule has 0 spiro atoms. The topological polar surface area (TPSA) is 68.5 Å². The van der Waals surface area contributed by atoms with E-state index in [1.165, 1.54) is 6.20 Å².